The molecule has 3 N–H and O–H groups in total. The van der Waals surface area contributed by atoms with Crippen LogP contribution in [0.15, 0.2) is 45.5 Å². The van der Waals surface area contributed by atoms with E-state index in [1.807, 2.05) is 44.2 Å². The topological polar surface area (TPSA) is 107 Å². The number of hydrogen-bond donors (Lipinski definition) is 3. The summed E-state index contributed by atoms with van der Waals surface area (Å²) >= 11 is 1.51. The molecule has 10 nitrogen and oxygen atoms in total. The number of morpholine rings is 1. The molecule has 1 amide bonds. The highest BCUT2D eigenvalue weighted by molar-refractivity contribution is 7.99. The molecule has 11 heteroatoms. The Balaban J connectivity index is 1.29. The summed E-state index contributed by atoms with van der Waals surface area (Å²) in [6, 6.07) is 10.3. The second kappa shape index (κ2) is 10.8. The quantitative estimate of drug-likeness (QED) is 0.476. The van der Waals surface area contributed by atoms with Gasteiger partial charge in [-0.2, -0.15) is 5.10 Å². The maximum absolute atomic E-state index is 11.6. The lowest BCUT2D eigenvalue weighted by atomic mass is 10.1. The summed E-state index contributed by atoms with van der Waals surface area (Å²) in [7, 11) is 0. The Labute approximate surface area is 209 Å². The van der Waals surface area contributed by atoms with Gasteiger partial charge in [-0.3, -0.25) is 15.1 Å². The SMILES string of the molecule is CCC(=O)Nc1ccc(Sc2nc(NC3CC(C)=NN3)cc(N3CC(N4CCOCC4)C3)n2)cc1. The van der Waals surface area contributed by atoms with Crippen LogP contribution >= 0.6 is 11.8 Å². The van der Waals surface area contributed by atoms with E-state index in [1.54, 1.807) is 0 Å². The lowest BCUT2D eigenvalue weighted by Gasteiger charge is -2.47. The summed E-state index contributed by atoms with van der Waals surface area (Å²) in [5.41, 5.74) is 4.98. The van der Waals surface area contributed by atoms with Gasteiger partial charge < -0.3 is 20.3 Å². The molecule has 1 atom stereocenters. The molecule has 0 bridgehead atoms. The lowest BCUT2D eigenvalue weighted by molar-refractivity contribution is -0.115. The number of hydrazone groups is 1. The van der Waals surface area contributed by atoms with Gasteiger partial charge in [-0.1, -0.05) is 6.92 Å². The molecule has 5 rings (SSSR count). The number of anilines is 3. The van der Waals surface area contributed by atoms with Gasteiger partial charge in [-0.25, -0.2) is 9.97 Å². The zero-order valence-corrected chi connectivity index (χ0v) is 21.0. The molecule has 2 fully saturated rings. The Morgan fingerprint density at radius 1 is 1.20 bits per heavy atom. The molecule has 1 unspecified atom stereocenters. The van der Waals surface area contributed by atoms with Gasteiger partial charge >= 0.3 is 0 Å². The van der Waals surface area contributed by atoms with E-state index in [2.05, 4.69) is 31.0 Å². The summed E-state index contributed by atoms with van der Waals surface area (Å²) in [5, 5.41) is 11.3. The molecule has 0 aliphatic carbocycles. The van der Waals surface area contributed by atoms with Crippen molar-refractivity contribution in [3.63, 3.8) is 0 Å². The van der Waals surface area contributed by atoms with Crippen molar-refractivity contribution < 1.29 is 9.53 Å². The van der Waals surface area contributed by atoms with Gasteiger partial charge in [0.2, 0.25) is 5.91 Å². The molecule has 0 radical (unpaired) electrons. The fraction of sp³-hybridized carbons (Fsp3) is 0.500. The highest BCUT2D eigenvalue weighted by Gasteiger charge is 2.34. The molecular formula is C24H32N8O2S. The average Bonchev–Trinajstić information content (AvgIpc) is 3.24. The molecule has 2 aromatic rings. The molecule has 4 heterocycles. The van der Waals surface area contributed by atoms with E-state index in [4.69, 9.17) is 14.7 Å². The van der Waals surface area contributed by atoms with Gasteiger partial charge in [0.1, 0.15) is 17.8 Å². The Kier molecular flexibility index (Phi) is 7.35. The van der Waals surface area contributed by atoms with Crippen LogP contribution in [0.3, 0.4) is 0 Å². The first-order chi connectivity index (χ1) is 17.1. The van der Waals surface area contributed by atoms with E-state index in [0.717, 1.165) is 73.7 Å². The van der Waals surface area contributed by atoms with Crippen LogP contribution in [0.1, 0.15) is 26.7 Å². The largest absolute Gasteiger partial charge is 0.379 e. The minimum absolute atomic E-state index is 0.00169. The molecule has 186 valence electrons. The minimum atomic E-state index is 0.00169. The van der Waals surface area contributed by atoms with E-state index >= 15 is 0 Å². The highest BCUT2D eigenvalue weighted by Crippen LogP contribution is 2.31. The number of carbonyl (C=O) groups is 1. The van der Waals surface area contributed by atoms with Crippen molar-refractivity contribution in [3.05, 3.63) is 30.3 Å². The number of benzene rings is 1. The summed E-state index contributed by atoms with van der Waals surface area (Å²) in [4.78, 5) is 27.1. The normalized spacial score (nSPS) is 20.7. The smallest absolute Gasteiger partial charge is 0.224 e. The predicted octanol–water partition coefficient (Wildman–Crippen LogP) is 2.60. The summed E-state index contributed by atoms with van der Waals surface area (Å²) in [6.07, 6.45) is 1.31. The molecule has 1 aromatic heterocycles. The molecule has 3 aliphatic heterocycles. The number of carbonyl (C=O) groups excluding carboxylic acids is 1. The molecule has 2 saturated heterocycles. The number of nitrogens with zero attached hydrogens (tertiary/aromatic N) is 5. The summed E-state index contributed by atoms with van der Waals surface area (Å²) in [5.74, 6) is 1.71. The standard InChI is InChI=1S/C24H32N8O2S/c1-3-23(33)25-17-4-6-19(7-5-17)35-24-27-20(26-21-12-16(2)29-30-21)13-22(28-24)32-14-18(15-32)31-8-10-34-11-9-31/h4-7,13,18,21,30H,3,8-12,14-15H2,1-2H3,(H,25,33)(H,26,27,28). The zero-order chi connectivity index (χ0) is 24.2. The van der Waals surface area contributed by atoms with Crippen molar-refractivity contribution >= 4 is 40.7 Å². The Bertz CT molecular complexity index is 1070. The lowest BCUT2D eigenvalue weighted by Crippen LogP contribution is -2.61. The van der Waals surface area contributed by atoms with Gasteiger partial charge in [0.25, 0.3) is 0 Å². The van der Waals surface area contributed by atoms with E-state index in [-0.39, 0.29) is 12.1 Å². The van der Waals surface area contributed by atoms with Crippen molar-refractivity contribution in [2.75, 3.05) is 54.9 Å². The van der Waals surface area contributed by atoms with Gasteiger partial charge in [0.05, 0.1) is 13.2 Å². The van der Waals surface area contributed by atoms with E-state index in [0.29, 0.717) is 17.6 Å². The molecule has 3 aliphatic rings. The fourth-order valence-electron chi connectivity index (χ4n) is 4.31. The van der Waals surface area contributed by atoms with Gasteiger partial charge in [-0.05, 0) is 43.0 Å². The monoisotopic (exact) mass is 496 g/mol. The van der Waals surface area contributed by atoms with Crippen LogP contribution in [0.5, 0.6) is 0 Å². The van der Waals surface area contributed by atoms with Crippen LogP contribution < -0.4 is 21.0 Å². The number of hydrogen-bond acceptors (Lipinski definition) is 10. The van der Waals surface area contributed by atoms with E-state index < -0.39 is 0 Å². The second-order valence-corrected chi connectivity index (χ2v) is 10.0. The van der Waals surface area contributed by atoms with Crippen molar-refractivity contribution in [1.82, 2.24) is 20.3 Å². The first-order valence-electron chi connectivity index (χ1n) is 12.1. The van der Waals surface area contributed by atoms with Crippen LogP contribution in [0.25, 0.3) is 0 Å². The Hall–Kier alpha value is -2.89. The van der Waals surface area contributed by atoms with Crippen molar-refractivity contribution in [1.29, 1.82) is 0 Å². The van der Waals surface area contributed by atoms with Crippen LogP contribution in [0, 0.1) is 0 Å². The number of nitrogens with one attached hydrogen (secondary N) is 3. The third-order valence-electron chi connectivity index (χ3n) is 6.34. The van der Waals surface area contributed by atoms with Crippen molar-refractivity contribution in [2.45, 2.75) is 48.9 Å². The number of amides is 1. The summed E-state index contributed by atoms with van der Waals surface area (Å²) < 4.78 is 5.50. The van der Waals surface area contributed by atoms with Crippen LogP contribution in [0.4, 0.5) is 17.3 Å². The second-order valence-electron chi connectivity index (χ2n) is 9.01. The molecule has 0 spiro atoms. The van der Waals surface area contributed by atoms with Gasteiger partial charge in [0, 0.05) is 67.4 Å². The number of ether oxygens (including phenoxy) is 1. The Morgan fingerprint density at radius 2 is 1.97 bits per heavy atom. The van der Waals surface area contributed by atoms with Crippen molar-refractivity contribution in [2.24, 2.45) is 5.10 Å². The van der Waals surface area contributed by atoms with Crippen LogP contribution in [-0.4, -0.2) is 78.1 Å². The van der Waals surface area contributed by atoms with Crippen molar-refractivity contribution in [3.8, 4) is 0 Å². The zero-order valence-electron chi connectivity index (χ0n) is 20.2. The van der Waals surface area contributed by atoms with E-state index in [9.17, 15) is 4.79 Å². The molecular weight excluding hydrogens is 464 g/mol. The third-order valence-corrected chi connectivity index (χ3v) is 7.21. The average molecular weight is 497 g/mol. The number of rotatable bonds is 8. The highest BCUT2D eigenvalue weighted by atomic mass is 32.2. The minimum Gasteiger partial charge on any atom is -0.379 e. The number of aromatic nitrogens is 2. The Morgan fingerprint density at radius 3 is 2.66 bits per heavy atom. The fourth-order valence-corrected chi connectivity index (χ4v) is 5.07. The van der Waals surface area contributed by atoms with Crippen LogP contribution in [0.2, 0.25) is 0 Å². The third kappa shape index (κ3) is 6.03. The summed E-state index contributed by atoms with van der Waals surface area (Å²) in [6.45, 7) is 9.39. The molecule has 35 heavy (non-hydrogen) atoms. The molecule has 0 saturated carbocycles. The maximum atomic E-state index is 11.6. The molecule has 1 aromatic carbocycles. The maximum Gasteiger partial charge on any atom is 0.224 e. The predicted molar refractivity (Wildman–Crippen MR) is 138 cm³/mol. The first-order valence-corrected chi connectivity index (χ1v) is 13.0. The van der Waals surface area contributed by atoms with E-state index in [1.165, 1.54) is 11.8 Å². The van der Waals surface area contributed by atoms with Gasteiger partial charge in [-0.15, -0.1) is 0 Å². The van der Waals surface area contributed by atoms with Gasteiger partial charge in [0.15, 0.2) is 5.16 Å². The van der Waals surface area contributed by atoms with Crippen LogP contribution in [-0.2, 0) is 9.53 Å². The first kappa shape index (κ1) is 23.8.